The normalized spacial score (nSPS) is 26.0. The average molecular weight is 673 g/mol. The van der Waals surface area contributed by atoms with Crippen LogP contribution < -0.4 is 4.74 Å². The van der Waals surface area contributed by atoms with Crippen LogP contribution in [0.3, 0.4) is 0 Å². The summed E-state index contributed by atoms with van der Waals surface area (Å²) in [5, 5.41) is 22.6. The quantitative estimate of drug-likeness (QED) is 0.110. The van der Waals surface area contributed by atoms with Gasteiger partial charge in [0.1, 0.15) is 23.9 Å². The van der Waals surface area contributed by atoms with Crippen LogP contribution in [0.2, 0.25) is 0 Å². The lowest BCUT2D eigenvalue weighted by Gasteiger charge is -2.50. The van der Waals surface area contributed by atoms with Crippen LogP contribution in [0.5, 0.6) is 5.75 Å². The molecule has 0 aromatic heterocycles. The second kappa shape index (κ2) is 19.4. The Bertz CT molecular complexity index is 1240. The van der Waals surface area contributed by atoms with Crippen molar-refractivity contribution >= 4 is 5.97 Å². The zero-order valence-corrected chi connectivity index (χ0v) is 29.7. The van der Waals surface area contributed by atoms with E-state index in [-0.39, 0.29) is 24.2 Å². The zero-order valence-electron chi connectivity index (χ0n) is 29.7. The summed E-state index contributed by atoms with van der Waals surface area (Å²) >= 11 is 0. The highest BCUT2D eigenvalue weighted by atomic mass is 16.7. The lowest BCUT2D eigenvalue weighted by Crippen LogP contribution is -2.66. The van der Waals surface area contributed by atoms with E-state index in [1.54, 1.807) is 21.3 Å². The second-order valence-electron chi connectivity index (χ2n) is 12.6. The van der Waals surface area contributed by atoms with E-state index in [0.717, 1.165) is 42.6 Å². The summed E-state index contributed by atoms with van der Waals surface area (Å²) in [5.74, 6) is -3.67. The van der Waals surface area contributed by atoms with Crippen LogP contribution in [-0.2, 0) is 39.8 Å². The molecule has 3 rings (SSSR count). The molecule has 0 spiro atoms. The van der Waals surface area contributed by atoms with Crippen LogP contribution in [0.25, 0.3) is 0 Å². The fraction of sp³-hybridized carbons (Fsp3) is 0.605. The van der Waals surface area contributed by atoms with E-state index in [1.165, 1.54) is 21.1 Å². The van der Waals surface area contributed by atoms with Gasteiger partial charge in [0.2, 0.25) is 5.79 Å². The summed E-state index contributed by atoms with van der Waals surface area (Å²) < 4.78 is 39.8. The molecule has 1 saturated heterocycles. The molecule has 10 nitrogen and oxygen atoms in total. The largest absolute Gasteiger partial charge is 0.497 e. The van der Waals surface area contributed by atoms with Gasteiger partial charge in [-0.25, -0.2) is 0 Å². The topological polar surface area (TPSA) is 122 Å². The third kappa shape index (κ3) is 10.1. The Morgan fingerprint density at radius 3 is 2.19 bits per heavy atom. The minimum Gasteiger partial charge on any atom is -0.497 e. The van der Waals surface area contributed by atoms with Crippen molar-refractivity contribution in [3.63, 3.8) is 0 Å². The molecule has 1 aliphatic rings. The number of methoxy groups -OCH3 is 5. The lowest BCUT2D eigenvalue weighted by atomic mass is 9.78. The number of ether oxygens (including phenoxy) is 7. The Balaban J connectivity index is 1.61. The van der Waals surface area contributed by atoms with Crippen molar-refractivity contribution in [3.8, 4) is 5.75 Å². The minimum atomic E-state index is -2.08. The number of aliphatic hydroxyl groups excluding tert-OH is 1. The molecule has 48 heavy (non-hydrogen) atoms. The average Bonchev–Trinajstić information content (AvgIpc) is 3.11. The Labute approximate surface area is 286 Å². The number of unbranched alkanes of at least 4 members (excludes halogenated alkanes) is 1. The molecule has 2 aromatic carbocycles. The van der Waals surface area contributed by atoms with Gasteiger partial charge in [0.15, 0.2) is 0 Å². The first-order valence-electron chi connectivity index (χ1n) is 16.8. The van der Waals surface area contributed by atoms with Crippen molar-refractivity contribution < 1.29 is 48.2 Å². The van der Waals surface area contributed by atoms with Gasteiger partial charge >= 0.3 is 5.97 Å². The number of esters is 1. The first-order valence-corrected chi connectivity index (χ1v) is 16.8. The van der Waals surface area contributed by atoms with Crippen LogP contribution >= 0.6 is 0 Å². The Kier molecular flexibility index (Phi) is 16.0. The SMILES string of the molecule is COC(=O)[C@H](C)[C@@]1(O)O[C@@H]([C@@H](C)/C=C/[C@@H](OC)[C@H](CCCC[C@H](OCc2ccc(OC)cc2)c2ccccc2)OC)[C@@H](C)[C@H](O)[C@H]1OC. The van der Waals surface area contributed by atoms with Crippen LogP contribution in [-0.4, -0.2) is 88.0 Å². The van der Waals surface area contributed by atoms with E-state index in [9.17, 15) is 15.0 Å². The van der Waals surface area contributed by atoms with Crippen LogP contribution in [0.4, 0.5) is 0 Å². The van der Waals surface area contributed by atoms with Gasteiger partial charge < -0.3 is 43.4 Å². The molecule has 1 aliphatic heterocycles. The molecule has 1 heterocycles. The van der Waals surface area contributed by atoms with Gasteiger partial charge in [0, 0.05) is 33.2 Å². The fourth-order valence-corrected chi connectivity index (χ4v) is 6.47. The maximum Gasteiger partial charge on any atom is 0.313 e. The molecule has 0 bridgehead atoms. The van der Waals surface area contributed by atoms with Crippen LogP contribution in [0.1, 0.15) is 63.7 Å². The Hall–Kier alpha value is -2.83. The van der Waals surface area contributed by atoms with E-state index in [2.05, 4.69) is 12.1 Å². The lowest BCUT2D eigenvalue weighted by molar-refractivity contribution is -0.359. The van der Waals surface area contributed by atoms with Crippen molar-refractivity contribution in [2.75, 3.05) is 35.5 Å². The molecule has 2 aromatic rings. The molecule has 0 amide bonds. The maximum absolute atomic E-state index is 12.4. The first kappa shape index (κ1) is 39.6. The molecule has 10 heteroatoms. The van der Waals surface area contributed by atoms with E-state index < -0.39 is 41.9 Å². The number of aliphatic hydroxyl groups is 2. The number of benzene rings is 2. The van der Waals surface area contributed by atoms with Gasteiger partial charge in [0.25, 0.3) is 0 Å². The van der Waals surface area contributed by atoms with Crippen molar-refractivity contribution in [1.29, 1.82) is 0 Å². The third-order valence-electron chi connectivity index (χ3n) is 9.58. The van der Waals surface area contributed by atoms with Crippen molar-refractivity contribution in [2.24, 2.45) is 17.8 Å². The van der Waals surface area contributed by atoms with Gasteiger partial charge in [-0.15, -0.1) is 0 Å². The van der Waals surface area contributed by atoms with Gasteiger partial charge in [-0.3, -0.25) is 4.79 Å². The van der Waals surface area contributed by atoms with Gasteiger partial charge in [-0.2, -0.15) is 0 Å². The second-order valence-corrected chi connectivity index (χ2v) is 12.6. The molecule has 0 unspecified atom stereocenters. The third-order valence-corrected chi connectivity index (χ3v) is 9.58. The number of hydrogen-bond acceptors (Lipinski definition) is 10. The van der Waals surface area contributed by atoms with Crippen molar-refractivity contribution in [2.45, 2.75) is 95.5 Å². The maximum atomic E-state index is 12.4. The standard InChI is InChI=1S/C38H56O10/c1-25(35-26(2)34(39)36(45-7)38(41,48-35)27(3)37(40)46-8)18-23-33(44-6)32(43-5)17-13-12-16-31(29-14-10-9-11-15-29)47-24-28-19-21-30(42-4)22-20-28/h9-11,14-15,18-23,25-27,31-36,39,41H,12-13,16-17,24H2,1-8H3/b23-18+/t25-,26-,27-,31-,32-,33+,34-,35-,36+,38+/m0/s1. The molecule has 0 saturated carbocycles. The summed E-state index contributed by atoms with van der Waals surface area (Å²) in [6.07, 6.45) is 3.95. The number of carbonyl (C=O) groups excluding carboxylic acids is 1. The first-order chi connectivity index (χ1) is 23.0. The number of hydrogen-bond donors (Lipinski definition) is 2. The highest BCUT2D eigenvalue weighted by molar-refractivity contribution is 5.73. The van der Waals surface area contributed by atoms with Gasteiger partial charge in [-0.05, 0) is 43.0 Å². The van der Waals surface area contributed by atoms with Crippen molar-refractivity contribution in [3.05, 3.63) is 77.9 Å². The monoisotopic (exact) mass is 672 g/mol. The molecule has 0 aliphatic carbocycles. The van der Waals surface area contributed by atoms with Crippen LogP contribution in [0, 0.1) is 17.8 Å². The molecular weight excluding hydrogens is 616 g/mol. The number of rotatable bonds is 19. The molecular formula is C38H56O10. The smallest absolute Gasteiger partial charge is 0.313 e. The molecule has 1 fully saturated rings. The zero-order chi connectivity index (χ0) is 35.3. The summed E-state index contributed by atoms with van der Waals surface area (Å²) in [5.41, 5.74) is 2.23. The van der Waals surface area contributed by atoms with E-state index in [0.29, 0.717) is 6.61 Å². The van der Waals surface area contributed by atoms with Crippen LogP contribution in [0.15, 0.2) is 66.7 Å². The predicted octanol–water partition coefficient (Wildman–Crippen LogP) is 5.64. The molecule has 0 radical (unpaired) electrons. The van der Waals surface area contributed by atoms with E-state index in [1.807, 2.05) is 68.5 Å². The summed E-state index contributed by atoms with van der Waals surface area (Å²) in [7, 11) is 7.59. The van der Waals surface area contributed by atoms with Gasteiger partial charge in [0.05, 0.1) is 45.2 Å². The molecule has 268 valence electrons. The van der Waals surface area contributed by atoms with Crippen molar-refractivity contribution in [1.82, 2.24) is 0 Å². The Morgan fingerprint density at radius 2 is 1.60 bits per heavy atom. The summed E-state index contributed by atoms with van der Waals surface area (Å²) in [6.45, 7) is 5.77. The highest BCUT2D eigenvalue weighted by Gasteiger charge is 2.58. The number of carbonyl (C=O) groups is 1. The summed E-state index contributed by atoms with van der Waals surface area (Å²) in [4.78, 5) is 12.4. The minimum absolute atomic E-state index is 0.0423. The van der Waals surface area contributed by atoms with E-state index >= 15 is 0 Å². The fourth-order valence-electron chi connectivity index (χ4n) is 6.47. The summed E-state index contributed by atoms with van der Waals surface area (Å²) in [6, 6.07) is 18.2. The highest BCUT2D eigenvalue weighted by Crippen LogP contribution is 2.41. The predicted molar refractivity (Wildman–Crippen MR) is 182 cm³/mol. The Morgan fingerprint density at radius 1 is 0.938 bits per heavy atom. The van der Waals surface area contributed by atoms with E-state index in [4.69, 9.17) is 33.2 Å². The molecule has 2 N–H and O–H groups in total. The molecule has 10 atom stereocenters. The van der Waals surface area contributed by atoms with Gasteiger partial charge in [-0.1, -0.05) is 81.3 Å².